The Morgan fingerprint density at radius 1 is 1.00 bits per heavy atom. The molecule has 2 N–H and O–H groups in total. The summed E-state index contributed by atoms with van der Waals surface area (Å²) in [5.74, 6) is 0. The van der Waals surface area contributed by atoms with Crippen molar-refractivity contribution in [2.45, 2.75) is 17.9 Å². The first kappa shape index (κ1) is 16.0. The van der Waals surface area contributed by atoms with Gasteiger partial charge in [0.05, 0.1) is 10.9 Å². The first-order valence-corrected chi connectivity index (χ1v) is 8.68. The minimum atomic E-state index is -3.23. The van der Waals surface area contributed by atoms with Crippen molar-refractivity contribution in [3.05, 3.63) is 60.2 Å². The molecule has 1 atom stereocenters. The van der Waals surface area contributed by atoms with E-state index in [0.717, 1.165) is 11.8 Å². The van der Waals surface area contributed by atoms with Crippen molar-refractivity contribution in [3.8, 4) is 0 Å². The number of urea groups is 1. The molecule has 0 aliphatic rings. The van der Waals surface area contributed by atoms with E-state index in [4.69, 9.17) is 0 Å². The Morgan fingerprint density at radius 2 is 1.59 bits per heavy atom. The molecule has 2 aromatic carbocycles. The minimum Gasteiger partial charge on any atom is -0.331 e. The summed E-state index contributed by atoms with van der Waals surface area (Å²) in [6, 6.07) is 15.2. The molecule has 116 valence electrons. The molecule has 0 heterocycles. The number of hydrogen-bond acceptors (Lipinski definition) is 3. The maximum Gasteiger partial charge on any atom is 0.319 e. The summed E-state index contributed by atoms with van der Waals surface area (Å²) in [5.41, 5.74) is 1.54. The number of carbonyl (C=O) groups is 1. The zero-order valence-corrected chi connectivity index (χ0v) is 13.2. The van der Waals surface area contributed by atoms with Crippen molar-refractivity contribution >= 4 is 21.6 Å². The van der Waals surface area contributed by atoms with E-state index >= 15 is 0 Å². The number of anilines is 1. The number of benzene rings is 2. The van der Waals surface area contributed by atoms with Crippen LogP contribution in [0.2, 0.25) is 0 Å². The van der Waals surface area contributed by atoms with Crippen molar-refractivity contribution in [2.24, 2.45) is 0 Å². The van der Waals surface area contributed by atoms with E-state index < -0.39 is 9.84 Å². The first-order valence-electron chi connectivity index (χ1n) is 6.79. The van der Waals surface area contributed by atoms with Gasteiger partial charge in [0.25, 0.3) is 0 Å². The lowest BCUT2D eigenvalue weighted by atomic mass is 10.1. The quantitative estimate of drug-likeness (QED) is 0.910. The van der Waals surface area contributed by atoms with Crippen LogP contribution >= 0.6 is 0 Å². The monoisotopic (exact) mass is 318 g/mol. The molecule has 0 aromatic heterocycles. The predicted molar refractivity (Wildman–Crippen MR) is 86.6 cm³/mol. The van der Waals surface area contributed by atoms with E-state index in [0.29, 0.717) is 5.69 Å². The molecular weight excluding hydrogens is 300 g/mol. The summed E-state index contributed by atoms with van der Waals surface area (Å²) < 4.78 is 22.7. The number of rotatable bonds is 4. The third-order valence-corrected chi connectivity index (χ3v) is 4.32. The summed E-state index contributed by atoms with van der Waals surface area (Å²) in [5, 5.41) is 5.50. The number of sulfone groups is 1. The van der Waals surface area contributed by atoms with E-state index in [1.54, 1.807) is 12.1 Å². The molecule has 0 bridgehead atoms. The lowest BCUT2D eigenvalue weighted by molar-refractivity contribution is 0.249. The summed E-state index contributed by atoms with van der Waals surface area (Å²) in [4.78, 5) is 12.2. The largest absolute Gasteiger partial charge is 0.331 e. The highest BCUT2D eigenvalue weighted by Crippen LogP contribution is 2.15. The van der Waals surface area contributed by atoms with E-state index in [-0.39, 0.29) is 17.0 Å². The van der Waals surface area contributed by atoms with Crippen LogP contribution < -0.4 is 10.6 Å². The Morgan fingerprint density at radius 3 is 2.14 bits per heavy atom. The van der Waals surface area contributed by atoms with Gasteiger partial charge in [0, 0.05) is 11.9 Å². The molecule has 0 saturated carbocycles. The molecular formula is C16H18N2O3S. The number of carbonyl (C=O) groups excluding carboxylic acids is 1. The van der Waals surface area contributed by atoms with Crippen LogP contribution in [0.1, 0.15) is 18.5 Å². The average molecular weight is 318 g/mol. The molecule has 0 aliphatic heterocycles. The molecule has 0 fully saturated rings. The second-order valence-corrected chi connectivity index (χ2v) is 7.04. The van der Waals surface area contributed by atoms with Gasteiger partial charge in [-0.25, -0.2) is 13.2 Å². The van der Waals surface area contributed by atoms with E-state index in [9.17, 15) is 13.2 Å². The Hall–Kier alpha value is -2.34. The SMILES string of the molecule is CC(NC(=O)Nc1ccc(S(C)(=O)=O)cc1)c1ccccc1. The minimum absolute atomic E-state index is 0.128. The van der Waals surface area contributed by atoms with Gasteiger partial charge < -0.3 is 10.6 Å². The van der Waals surface area contributed by atoms with Gasteiger partial charge in [-0.3, -0.25) is 0 Å². The van der Waals surface area contributed by atoms with Gasteiger partial charge in [-0.05, 0) is 36.8 Å². The highest BCUT2D eigenvalue weighted by molar-refractivity contribution is 7.90. The number of amides is 2. The summed E-state index contributed by atoms with van der Waals surface area (Å²) in [7, 11) is -3.23. The third kappa shape index (κ3) is 4.33. The molecule has 2 amide bonds. The van der Waals surface area contributed by atoms with Crippen LogP contribution in [0.5, 0.6) is 0 Å². The van der Waals surface area contributed by atoms with Crippen molar-refractivity contribution < 1.29 is 13.2 Å². The molecule has 5 nitrogen and oxygen atoms in total. The molecule has 2 rings (SSSR count). The highest BCUT2D eigenvalue weighted by Gasteiger charge is 2.10. The zero-order chi connectivity index (χ0) is 16.2. The van der Waals surface area contributed by atoms with Crippen LogP contribution in [0.3, 0.4) is 0 Å². The summed E-state index contributed by atoms with van der Waals surface area (Å²) in [6.45, 7) is 1.89. The van der Waals surface area contributed by atoms with Gasteiger partial charge in [0.2, 0.25) is 0 Å². The fourth-order valence-corrected chi connectivity index (χ4v) is 2.60. The van der Waals surface area contributed by atoms with Gasteiger partial charge in [0.15, 0.2) is 9.84 Å². The van der Waals surface area contributed by atoms with Gasteiger partial charge in [0.1, 0.15) is 0 Å². The van der Waals surface area contributed by atoms with Crippen molar-refractivity contribution in [3.63, 3.8) is 0 Å². The van der Waals surface area contributed by atoms with E-state index in [1.165, 1.54) is 12.1 Å². The van der Waals surface area contributed by atoms with Crippen LogP contribution in [0.15, 0.2) is 59.5 Å². The fourth-order valence-electron chi connectivity index (χ4n) is 1.97. The number of hydrogen-bond donors (Lipinski definition) is 2. The molecule has 1 unspecified atom stereocenters. The molecule has 22 heavy (non-hydrogen) atoms. The lowest BCUT2D eigenvalue weighted by Gasteiger charge is -2.15. The van der Waals surface area contributed by atoms with Crippen molar-refractivity contribution in [2.75, 3.05) is 11.6 Å². The van der Waals surface area contributed by atoms with Crippen molar-refractivity contribution in [1.29, 1.82) is 0 Å². The van der Waals surface area contributed by atoms with Gasteiger partial charge in [-0.2, -0.15) is 0 Å². The molecule has 2 aromatic rings. The van der Waals surface area contributed by atoms with E-state index in [2.05, 4.69) is 10.6 Å². The van der Waals surface area contributed by atoms with Gasteiger partial charge >= 0.3 is 6.03 Å². The van der Waals surface area contributed by atoms with Gasteiger partial charge in [-0.1, -0.05) is 30.3 Å². The Balaban J connectivity index is 1.98. The van der Waals surface area contributed by atoms with Crippen LogP contribution in [0.25, 0.3) is 0 Å². The van der Waals surface area contributed by atoms with Crippen LogP contribution in [-0.4, -0.2) is 20.7 Å². The highest BCUT2D eigenvalue weighted by atomic mass is 32.2. The Kier molecular flexibility index (Phi) is 4.82. The average Bonchev–Trinajstić information content (AvgIpc) is 2.47. The molecule has 6 heteroatoms. The molecule has 0 radical (unpaired) electrons. The van der Waals surface area contributed by atoms with Crippen LogP contribution in [-0.2, 0) is 9.84 Å². The standard InChI is InChI=1S/C16H18N2O3S/c1-12(13-6-4-3-5-7-13)17-16(19)18-14-8-10-15(11-9-14)22(2,20)21/h3-12H,1-2H3,(H2,17,18,19). The third-order valence-electron chi connectivity index (χ3n) is 3.19. The maximum atomic E-state index is 11.9. The smallest absolute Gasteiger partial charge is 0.319 e. The lowest BCUT2D eigenvalue weighted by Crippen LogP contribution is -2.31. The Bertz CT molecular complexity index is 741. The predicted octanol–water partition coefficient (Wildman–Crippen LogP) is 2.97. The van der Waals surface area contributed by atoms with Crippen LogP contribution in [0, 0.1) is 0 Å². The summed E-state index contributed by atoms with van der Waals surface area (Å²) in [6.07, 6.45) is 1.14. The zero-order valence-electron chi connectivity index (χ0n) is 12.4. The second kappa shape index (κ2) is 6.62. The van der Waals surface area contributed by atoms with E-state index in [1.807, 2.05) is 37.3 Å². The van der Waals surface area contributed by atoms with Gasteiger partial charge in [-0.15, -0.1) is 0 Å². The van der Waals surface area contributed by atoms with Crippen molar-refractivity contribution in [1.82, 2.24) is 5.32 Å². The fraction of sp³-hybridized carbons (Fsp3) is 0.188. The molecule has 0 spiro atoms. The summed E-state index contributed by atoms with van der Waals surface area (Å²) >= 11 is 0. The maximum absolute atomic E-state index is 11.9. The van der Waals surface area contributed by atoms with Crippen LogP contribution in [0.4, 0.5) is 10.5 Å². The normalized spacial score (nSPS) is 12.5. The molecule has 0 aliphatic carbocycles. The number of nitrogens with one attached hydrogen (secondary N) is 2. The Labute approximate surface area is 130 Å². The first-order chi connectivity index (χ1) is 10.4. The topological polar surface area (TPSA) is 75.3 Å². The second-order valence-electron chi connectivity index (χ2n) is 5.03. The molecule has 0 saturated heterocycles.